The van der Waals surface area contributed by atoms with E-state index in [1.165, 1.54) is 10.6 Å². The van der Waals surface area contributed by atoms with Crippen molar-refractivity contribution < 1.29 is 9.59 Å². The van der Waals surface area contributed by atoms with Gasteiger partial charge in [0.25, 0.3) is 5.56 Å². The molecule has 8 heteroatoms. The van der Waals surface area contributed by atoms with E-state index in [1.54, 1.807) is 35.5 Å². The largest absolute Gasteiger partial charge is 0.328 e. The molecule has 1 saturated heterocycles. The second kappa shape index (κ2) is 8.59. The van der Waals surface area contributed by atoms with E-state index in [0.29, 0.717) is 31.9 Å². The highest BCUT2D eigenvalue weighted by molar-refractivity contribution is 5.97. The summed E-state index contributed by atoms with van der Waals surface area (Å²) >= 11 is 0. The van der Waals surface area contributed by atoms with Gasteiger partial charge in [-0.2, -0.15) is 0 Å². The summed E-state index contributed by atoms with van der Waals surface area (Å²) in [5.41, 5.74) is 1.31. The highest BCUT2D eigenvalue weighted by atomic mass is 16.2. The van der Waals surface area contributed by atoms with Crippen molar-refractivity contribution in [2.75, 3.05) is 25.0 Å². The van der Waals surface area contributed by atoms with Gasteiger partial charge in [-0.3, -0.25) is 19.4 Å². The minimum absolute atomic E-state index is 0.144. The Hall–Kier alpha value is -3.00. The molecule has 2 N–H and O–H groups in total. The highest BCUT2D eigenvalue weighted by Crippen LogP contribution is 2.11. The molecule has 0 bridgehead atoms. The number of hydrogen-bond acceptors (Lipinski definition) is 5. The number of anilines is 1. The van der Waals surface area contributed by atoms with Gasteiger partial charge in [0.2, 0.25) is 11.8 Å². The molecule has 0 aliphatic carbocycles. The van der Waals surface area contributed by atoms with Crippen molar-refractivity contribution >= 4 is 17.5 Å². The lowest BCUT2D eigenvalue weighted by Gasteiger charge is -2.35. The van der Waals surface area contributed by atoms with E-state index in [-0.39, 0.29) is 23.8 Å². The van der Waals surface area contributed by atoms with Gasteiger partial charge in [0.05, 0.1) is 11.9 Å². The lowest BCUT2D eigenvalue weighted by molar-refractivity contribution is -0.139. The fourth-order valence-electron chi connectivity index (χ4n) is 3.01. The maximum absolute atomic E-state index is 12.7. The first-order valence-electron chi connectivity index (χ1n) is 8.94. The molecule has 27 heavy (non-hydrogen) atoms. The van der Waals surface area contributed by atoms with Crippen LogP contribution in [-0.2, 0) is 16.1 Å². The Morgan fingerprint density at radius 1 is 1.30 bits per heavy atom. The molecule has 0 saturated carbocycles. The summed E-state index contributed by atoms with van der Waals surface area (Å²) in [5, 5.41) is 5.97. The van der Waals surface area contributed by atoms with Crippen LogP contribution in [0.15, 0.2) is 47.5 Å². The summed E-state index contributed by atoms with van der Waals surface area (Å²) in [4.78, 5) is 42.9. The molecule has 0 radical (unpaired) electrons. The number of carbonyl (C=O) groups is 2. The van der Waals surface area contributed by atoms with E-state index in [9.17, 15) is 14.4 Å². The zero-order valence-electron chi connectivity index (χ0n) is 15.2. The molecule has 1 atom stereocenters. The Labute approximate surface area is 157 Å². The number of pyridine rings is 2. The number of aromatic nitrogens is 2. The van der Waals surface area contributed by atoms with Gasteiger partial charge in [-0.1, -0.05) is 6.07 Å². The van der Waals surface area contributed by atoms with Gasteiger partial charge in [0, 0.05) is 50.6 Å². The van der Waals surface area contributed by atoms with Crippen molar-refractivity contribution in [1.29, 1.82) is 0 Å². The minimum Gasteiger partial charge on any atom is -0.328 e. The molecule has 2 aromatic heterocycles. The lowest BCUT2D eigenvalue weighted by Crippen LogP contribution is -2.58. The third-order valence-electron chi connectivity index (χ3n) is 4.51. The van der Waals surface area contributed by atoms with Crippen molar-refractivity contribution in [1.82, 2.24) is 19.8 Å². The lowest BCUT2D eigenvalue weighted by atomic mass is 10.1. The Morgan fingerprint density at radius 2 is 2.15 bits per heavy atom. The molecule has 3 heterocycles. The Kier molecular flexibility index (Phi) is 5.97. The average Bonchev–Trinajstić information content (AvgIpc) is 2.69. The second-order valence-electron chi connectivity index (χ2n) is 6.47. The summed E-state index contributed by atoms with van der Waals surface area (Å²) in [6.07, 6.45) is 3.42. The van der Waals surface area contributed by atoms with E-state index in [0.717, 1.165) is 5.69 Å². The SMILES string of the molecule is Cc1ccc(NC(=O)[C@H]2CNCCN2C(=O)CCn2ccccc2=O)cn1. The number of aryl methyl sites for hydroxylation is 2. The third-order valence-corrected chi connectivity index (χ3v) is 4.51. The van der Waals surface area contributed by atoms with Gasteiger partial charge in [-0.05, 0) is 25.1 Å². The normalized spacial score (nSPS) is 16.8. The third kappa shape index (κ3) is 4.79. The Bertz CT molecular complexity index is 862. The van der Waals surface area contributed by atoms with Crippen molar-refractivity contribution in [3.05, 3.63) is 58.8 Å². The van der Waals surface area contributed by atoms with Gasteiger partial charge in [0.1, 0.15) is 6.04 Å². The van der Waals surface area contributed by atoms with Gasteiger partial charge in [0.15, 0.2) is 0 Å². The van der Waals surface area contributed by atoms with E-state index in [1.807, 2.05) is 13.0 Å². The molecule has 0 aromatic carbocycles. The molecule has 142 valence electrons. The van der Waals surface area contributed by atoms with Crippen LogP contribution in [0.5, 0.6) is 0 Å². The number of rotatable bonds is 5. The van der Waals surface area contributed by atoms with Crippen LogP contribution in [-0.4, -0.2) is 51.9 Å². The number of hydrogen-bond donors (Lipinski definition) is 2. The van der Waals surface area contributed by atoms with Gasteiger partial charge in [-0.15, -0.1) is 0 Å². The minimum atomic E-state index is -0.597. The second-order valence-corrected chi connectivity index (χ2v) is 6.47. The van der Waals surface area contributed by atoms with Crippen LogP contribution in [0.1, 0.15) is 12.1 Å². The Morgan fingerprint density at radius 3 is 2.89 bits per heavy atom. The number of carbonyl (C=O) groups excluding carboxylic acids is 2. The van der Waals surface area contributed by atoms with Crippen molar-refractivity contribution in [3.8, 4) is 0 Å². The predicted octanol–water partition coefficient (Wildman–Crippen LogP) is 0.381. The summed E-state index contributed by atoms with van der Waals surface area (Å²) in [6, 6.07) is 7.88. The van der Waals surface area contributed by atoms with Crippen LogP contribution in [0, 0.1) is 6.92 Å². The number of nitrogens with one attached hydrogen (secondary N) is 2. The van der Waals surface area contributed by atoms with Crippen LogP contribution >= 0.6 is 0 Å². The topological polar surface area (TPSA) is 96.3 Å². The maximum Gasteiger partial charge on any atom is 0.250 e. The summed E-state index contributed by atoms with van der Waals surface area (Å²) in [6.45, 7) is 3.63. The summed E-state index contributed by atoms with van der Waals surface area (Å²) < 4.78 is 1.49. The van der Waals surface area contributed by atoms with Crippen LogP contribution in [0.3, 0.4) is 0 Å². The van der Waals surface area contributed by atoms with E-state index < -0.39 is 6.04 Å². The zero-order valence-corrected chi connectivity index (χ0v) is 15.2. The highest BCUT2D eigenvalue weighted by Gasteiger charge is 2.31. The molecular formula is C19H23N5O3. The first kappa shape index (κ1) is 18.8. The zero-order chi connectivity index (χ0) is 19.2. The molecule has 1 aliphatic rings. The monoisotopic (exact) mass is 369 g/mol. The van der Waals surface area contributed by atoms with Crippen molar-refractivity contribution in [2.45, 2.75) is 25.9 Å². The van der Waals surface area contributed by atoms with E-state index in [4.69, 9.17) is 0 Å². The quantitative estimate of drug-likeness (QED) is 0.794. The number of amides is 2. The predicted molar refractivity (Wildman–Crippen MR) is 101 cm³/mol. The first-order chi connectivity index (χ1) is 13.0. The van der Waals surface area contributed by atoms with Gasteiger partial charge >= 0.3 is 0 Å². The summed E-state index contributed by atoms with van der Waals surface area (Å²) in [5.74, 6) is -0.396. The van der Waals surface area contributed by atoms with Crippen LogP contribution < -0.4 is 16.2 Å². The molecule has 2 amide bonds. The number of piperazine rings is 1. The van der Waals surface area contributed by atoms with Crippen LogP contribution in [0.2, 0.25) is 0 Å². The van der Waals surface area contributed by atoms with Gasteiger partial charge < -0.3 is 20.1 Å². The smallest absolute Gasteiger partial charge is 0.250 e. The van der Waals surface area contributed by atoms with Crippen molar-refractivity contribution in [2.24, 2.45) is 0 Å². The molecule has 3 rings (SSSR count). The maximum atomic E-state index is 12.7. The van der Waals surface area contributed by atoms with Crippen molar-refractivity contribution in [3.63, 3.8) is 0 Å². The van der Waals surface area contributed by atoms with Gasteiger partial charge in [-0.25, -0.2) is 0 Å². The molecular weight excluding hydrogens is 346 g/mol. The molecule has 0 unspecified atom stereocenters. The molecule has 1 aliphatic heterocycles. The number of nitrogens with zero attached hydrogens (tertiary/aromatic N) is 3. The van der Waals surface area contributed by atoms with Crippen LogP contribution in [0.4, 0.5) is 5.69 Å². The first-order valence-corrected chi connectivity index (χ1v) is 8.94. The van der Waals surface area contributed by atoms with E-state index in [2.05, 4.69) is 15.6 Å². The standard InChI is InChI=1S/C19H23N5O3/c1-14-5-6-15(12-21-14)22-19(27)16-13-20-8-11-24(16)18(26)7-10-23-9-3-2-4-17(23)25/h2-6,9,12,16,20H,7-8,10-11,13H2,1H3,(H,22,27)/t16-/m1/s1. The average molecular weight is 369 g/mol. The molecule has 8 nitrogen and oxygen atoms in total. The van der Waals surface area contributed by atoms with Crippen LogP contribution in [0.25, 0.3) is 0 Å². The Balaban J connectivity index is 1.64. The molecule has 1 fully saturated rings. The molecule has 2 aromatic rings. The molecule has 0 spiro atoms. The summed E-state index contributed by atoms with van der Waals surface area (Å²) in [7, 11) is 0. The fourth-order valence-corrected chi connectivity index (χ4v) is 3.01. The fraction of sp³-hybridized carbons (Fsp3) is 0.368. The van der Waals surface area contributed by atoms with E-state index >= 15 is 0 Å².